The molecule has 0 spiro atoms. The van der Waals surface area contributed by atoms with Gasteiger partial charge in [0, 0.05) is 17.3 Å². The minimum atomic E-state index is -0.267. The van der Waals surface area contributed by atoms with Crippen molar-refractivity contribution in [1.82, 2.24) is 4.98 Å². The van der Waals surface area contributed by atoms with Crippen LogP contribution in [0.4, 0.5) is 10.1 Å². The number of halogens is 1. The van der Waals surface area contributed by atoms with E-state index in [2.05, 4.69) is 4.98 Å². The van der Waals surface area contributed by atoms with Crippen molar-refractivity contribution in [2.45, 2.75) is 6.92 Å². The predicted octanol–water partition coefficient (Wildman–Crippen LogP) is 3.99. The summed E-state index contributed by atoms with van der Waals surface area (Å²) in [5.41, 5.74) is 9.40. The fraction of sp³-hybridized carbons (Fsp3) is 0.0714. The van der Waals surface area contributed by atoms with Crippen molar-refractivity contribution >= 4 is 27.2 Å². The molecule has 0 amide bonds. The Morgan fingerprint density at radius 3 is 2.83 bits per heavy atom. The van der Waals surface area contributed by atoms with E-state index in [0.29, 0.717) is 11.2 Å². The monoisotopic (exact) mass is 258 g/mol. The number of hydrogen-bond acceptors (Lipinski definition) is 3. The van der Waals surface area contributed by atoms with E-state index in [9.17, 15) is 4.39 Å². The zero-order chi connectivity index (χ0) is 12.7. The molecule has 0 bridgehead atoms. The van der Waals surface area contributed by atoms with Crippen molar-refractivity contribution in [3.63, 3.8) is 0 Å². The van der Waals surface area contributed by atoms with Gasteiger partial charge in [-0.15, -0.1) is 11.3 Å². The number of aryl methyl sites for hydroxylation is 1. The highest BCUT2D eigenvalue weighted by Gasteiger charge is 2.11. The summed E-state index contributed by atoms with van der Waals surface area (Å²) in [7, 11) is 0. The lowest BCUT2D eigenvalue weighted by molar-refractivity contribution is 0.629. The number of thiazole rings is 1. The van der Waals surface area contributed by atoms with Crippen LogP contribution in [0.25, 0.3) is 20.8 Å². The van der Waals surface area contributed by atoms with Crippen LogP contribution in [0, 0.1) is 12.7 Å². The zero-order valence-electron chi connectivity index (χ0n) is 9.77. The summed E-state index contributed by atoms with van der Waals surface area (Å²) in [5, 5.41) is 0.839. The van der Waals surface area contributed by atoms with Gasteiger partial charge >= 0.3 is 0 Å². The van der Waals surface area contributed by atoms with Crippen molar-refractivity contribution < 1.29 is 4.39 Å². The number of nitrogen functional groups attached to an aromatic ring is 1. The summed E-state index contributed by atoms with van der Waals surface area (Å²) in [6, 6.07) is 10.4. The Morgan fingerprint density at radius 1 is 1.22 bits per heavy atom. The second-order valence-electron chi connectivity index (χ2n) is 4.17. The van der Waals surface area contributed by atoms with E-state index in [0.717, 1.165) is 20.8 Å². The van der Waals surface area contributed by atoms with E-state index in [1.165, 1.54) is 23.5 Å². The summed E-state index contributed by atoms with van der Waals surface area (Å²) in [5.74, 6) is -0.267. The number of nitrogens with two attached hydrogens (primary N) is 1. The van der Waals surface area contributed by atoms with E-state index >= 15 is 0 Å². The molecule has 0 fully saturated rings. The topological polar surface area (TPSA) is 38.9 Å². The molecule has 3 rings (SSSR count). The molecule has 0 saturated carbocycles. The van der Waals surface area contributed by atoms with Crippen LogP contribution in [0.3, 0.4) is 0 Å². The lowest BCUT2D eigenvalue weighted by atomic mass is 10.1. The predicted molar refractivity (Wildman–Crippen MR) is 74.2 cm³/mol. The first kappa shape index (κ1) is 11.2. The molecule has 0 unspecified atom stereocenters. The molecular weight excluding hydrogens is 247 g/mol. The number of fused-ring (bicyclic) bond motifs is 1. The fourth-order valence-electron chi connectivity index (χ4n) is 1.99. The lowest BCUT2D eigenvalue weighted by Crippen LogP contribution is -1.91. The molecule has 0 aliphatic heterocycles. The zero-order valence-corrected chi connectivity index (χ0v) is 10.6. The minimum Gasteiger partial charge on any atom is -0.398 e. The molecule has 90 valence electrons. The molecule has 0 aliphatic rings. The maximum Gasteiger partial charge on any atom is 0.126 e. The Balaban J connectivity index is 2.26. The van der Waals surface area contributed by atoms with Gasteiger partial charge in [0.15, 0.2) is 0 Å². The third kappa shape index (κ3) is 1.75. The Labute approximate surface area is 108 Å². The van der Waals surface area contributed by atoms with Crippen LogP contribution < -0.4 is 5.73 Å². The van der Waals surface area contributed by atoms with Crippen molar-refractivity contribution in [3.8, 4) is 10.6 Å². The van der Waals surface area contributed by atoms with Crippen molar-refractivity contribution in [2.75, 3.05) is 5.73 Å². The fourth-order valence-corrected chi connectivity index (χ4v) is 3.07. The molecule has 3 aromatic rings. The van der Waals surface area contributed by atoms with Gasteiger partial charge in [-0.2, -0.15) is 0 Å². The molecule has 18 heavy (non-hydrogen) atoms. The first-order chi connectivity index (χ1) is 8.65. The number of benzene rings is 2. The van der Waals surface area contributed by atoms with Crippen LogP contribution in [-0.4, -0.2) is 4.98 Å². The molecular formula is C14H11FN2S. The molecule has 2 nitrogen and oxygen atoms in total. The average Bonchev–Trinajstić information content (AvgIpc) is 2.71. The van der Waals surface area contributed by atoms with Crippen molar-refractivity contribution in [2.24, 2.45) is 0 Å². The highest BCUT2D eigenvalue weighted by Crippen LogP contribution is 2.35. The summed E-state index contributed by atoms with van der Waals surface area (Å²) in [4.78, 5) is 4.46. The lowest BCUT2D eigenvalue weighted by Gasteiger charge is -2.05. The van der Waals surface area contributed by atoms with Crippen LogP contribution in [0.5, 0.6) is 0 Å². The highest BCUT2D eigenvalue weighted by atomic mass is 32.1. The number of rotatable bonds is 1. The summed E-state index contributed by atoms with van der Waals surface area (Å²) in [6.45, 7) is 2.00. The number of aromatic nitrogens is 1. The normalized spacial score (nSPS) is 11.0. The SMILES string of the molecule is Cc1cccc(N)c1-c1nc2cc(F)ccc2s1. The number of nitrogens with zero attached hydrogens (tertiary/aromatic N) is 1. The van der Waals surface area contributed by atoms with E-state index in [1.807, 2.05) is 25.1 Å². The second kappa shape index (κ2) is 4.07. The van der Waals surface area contributed by atoms with Crippen molar-refractivity contribution in [1.29, 1.82) is 0 Å². The van der Waals surface area contributed by atoms with Gasteiger partial charge in [0.2, 0.25) is 0 Å². The van der Waals surface area contributed by atoms with E-state index in [1.54, 1.807) is 6.07 Å². The maximum atomic E-state index is 13.1. The molecule has 1 heterocycles. The molecule has 0 aliphatic carbocycles. The second-order valence-corrected chi connectivity index (χ2v) is 5.20. The standard InChI is InChI=1S/C14H11FN2S/c1-8-3-2-4-10(16)13(8)14-17-11-7-9(15)5-6-12(11)18-14/h2-7H,16H2,1H3. The summed E-state index contributed by atoms with van der Waals surface area (Å²) < 4.78 is 14.1. The first-order valence-electron chi connectivity index (χ1n) is 5.57. The molecule has 2 aromatic carbocycles. The van der Waals surface area contributed by atoms with Gasteiger partial charge in [-0.25, -0.2) is 9.37 Å². The van der Waals surface area contributed by atoms with Gasteiger partial charge in [-0.3, -0.25) is 0 Å². The minimum absolute atomic E-state index is 0.267. The van der Waals surface area contributed by atoms with Gasteiger partial charge in [0.25, 0.3) is 0 Å². The molecule has 1 aromatic heterocycles. The van der Waals surface area contributed by atoms with Gasteiger partial charge in [-0.1, -0.05) is 12.1 Å². The molecule has 0 atom stereocenters. The molecule has 4 heteroatoms. The van der Waals surface area contributed by atoms with E-state index < -0.39 is 0 Å². The number of hydrogen-bond donors (Lipinski definition) is 1. The Kier molecular flexibility index (Phi) is 2.52. The van der Waals surface area contributed by atoms with Crippen LogP contribution in [0.1, 0.15) is 5.56 Å². The third-order valence-electron chi connectivity index (χ3n) is 2.87. The highest BCUT2D eigenvalue weighted by molar-refractivity contribution is 7.21. The smallest absolute Gasteiger partial charge is 0.126 e. The first-order valence-corrected chi connectivity index (χ1v) is 6.38. The largest absolute Gasteiger partial charge is 0.398 e. The van der Waals surface area contributed by atoms with Gasteiger partial charge < -0.3 is 5.73 Å². The summed E-state index contributed by atoms with van der Waals surface area (Å²) >= 11 is 1.53. The van der Waals surface area contributed by atoms with Gasteiger partial charge in [0.05, 0.1) is 10.2 Å². The van der Waals surface area contributed by atoms with E-state index in [-0.39, 0.29) is 5.82 Å². The Hall–Kier alpha value is -1.94. The van der Waals surface area contributed by atoms with Crippen LogP contribution >= 0.6 is 11.3 Å². The quantitative estimate of drug-likeness (QED) is 0.670. The van der Waals surface area contributed by atoms with E-state index in [4.69, 9.17) is 5.73 Å². The van der Waals surface area contributed by atoms with Crippen LogP contribution in [0.15, 0.2) is 36.4 Å². The van der Waals surface area contributed by atoms with Crippen molar-refractivity contribution in [3.05, 3.63) is 47.8 Å². The molecule has 2 N–H and O–H groups in total. The Bertz CT molecular complexity index is 713. The average molecular weight is 258 g/mol. The van der Waals surface area contributed by atoms with Gasteiger partial charge in [0.1, 0.15) is 10.8 Å². The van der Waals surface area contributed by atoms with Crippen LogP contribution in [-0.2, 0) is 0 Å². The summed E-state index contributed by atoms with van der Waals surface area (Å²) in [6.07, 6.45) is 0. The molecule has 0 saturated heterocycles. The van der Waals surface area contributed by atoms with Crippen LogP contribution in [0.2, 0.25) is 0 Å². The number of anilines is 1. The third-order valence-corrected chi connectivity index (χ3v) is 3.92. The Morgan fingerprint density at radius 2 is 2.06 bits per heavy atom. The van der Waals surface area contributed by atoms with Gasteiger partial charge in [-0.05, 0) is 30.7 Å². The molecule has 0 radical (unpaired) electrons. The maximum absolute atomic E-state index is 13.1.